The van der Waals surface area contributed by atoms with E-state index in [9.17, 15) is 19.2 Å². The summed E-state index contributed by atoms with van der Waals surface area (Å²) in [5.41, 5.74) is 0. The second-order valence-electron chi connectivity index (χ2n) is 4.51. The van der Waals surface area contributed by atoms with Crippen LogP contribution in [0.1, 0.15) is 29.4 Å². The van der Waals surface area contributed by atoms with E-state index in [0.717, 1.165) is 15.1 Å². The molecule has 1 saturated heterocycles. The van der Waals surface area contributed by atoms with Crippen LogP contribution in [-0.2, 0) is 9.59 Å². The van der Waals surface area contributed by atoms with Crippen LogP contribution in [0.5, 0.6) is 0 Å². The molecule has 0 unspecified atom stereocenters. The van der Waals surface area contributed by atoms with Crippen molar-refractivity contribution in [3.05, 3.63) is 20.8 Å². The Morgan fingerprint density at radius 1 is 1.19 bits per heavy atom. The van der Waals surface area contributed by atoms with Crippen LogP contribution in [0.15, 0.2) is 15.9 Å². The minimum absolute atomic E-state index is 0.204. The molecule has 0 aromatic carbocycles. The number of halogens is 1. The predicted octanol–water partition coefficient (Wildman–Crippen LogP) is 2.28. The lowest BCUT2D eigenvalue weighted by atomic mass is 10.3. The summed E-state index contributed by atoms with van der Waals surface area (Å²) in [5, 5.41) is 0. The number of urea groups is 1. The first-order valence-corrected chi connectivity index (χ1v) is 8.02. The van der Waals surface area contributed by atoms with E-state index in [0.29, 0.717) is 16.2 Å². The molecular formula is C13H13BrN2O4S. The molecule has 4 amide bonds. The largest absolute Gasteiger partial charge is 0.334 e. The number of imide groups is 2. The van der Waals surface area contributed by atoms with Crippen molar-refractivity contribution in [3.8, 4) is 0 Å². The van der Waals surface area contributed by atoms with Crippen LogP contribution in [0.25, 0.3) is 0 Å². The quantitative estimate of drug-likeness (QED) is 0.436. The number of unbranched alkanes of at least 4 members (excludes halogenated alkanes) is 1. The lowest BCUT2D eigenvalue weighted by Gasteiger charge is -2.14. The zero-order chi connectivity index (χ0) is 15.6. The molecule has 112 valence electrons. The minimum atomic E-state index is -0.930. The van der Waals surface area contributed by atoms with E-state index in [4.69, 9.17) is 0 Å². The highest BCUT2D eigenvalue weighted by Gasteiger charge is 2.44. The normalized spacial score (nSPS) is 15.2. The highest BCUT2D eigenvalue weighted by molar-refractivity contribution is 9.11. The third-order valence-corrected chi connectivity index (χ3v) is 4.68. The van der Waals surface area contributed by atoms with E-state index in [-0.39, 0.29) is 12.3 Å². The molecule has 0 atom stereocenters. The summed E-state index contributed by atoms with van der Waals surface area (Å²) in [5.74, 6) is -2.15. The van der Waals surface area contributed by atoms with Gasteiger partial charge >= 0.3 is 17.8 Å². The number of carbonyl (C=O) groups is 4. The monoisotopic (exact) mass is 372 g/mol. The molecule has 6 nitrogen and oxygen atoms in total. The van der Waals surface area contributed by atoms with Crippen molar-refractivity contribution in [2.24, 2.45) is 0 Å². The first-order chi connectivity index (χ1) is 9.95. The summed E-state index contributed by atoms with van der Waals surface area (Å²) in [6.07, 6.45) is 1.43. The van der Waals surface area contributed by atoms with Gasteiger partial charge in [-0.15, -0.1) is 11.3 Å². The molecule has 0 radical (unpaired) electrons. The molecular weight excluding hydrogens is 360 g/mol. The first kappa shape index (κ1) is 15.8. The Morgan fingerprint density at radius 2 is 1.86 bits per heavy atom. The van der Waals surface area contributed by atoms with Gasteiger partial charge < -0.3 is 0 Å². The van der Waals surface area contributed by atoms with Crippen LogP contribution in [0.3, 0.4) is 0 Å². The summed E-state index contributed by atoms with van der Waals surface area (Å²) < 4.78 is 0.783. The molecule has 2 rings (SSSR count). The van der Waals surface area contributed by atoms with E-state index in [2.05, 4.69) is 15.9 Å². The molecule has 21 heavy (non-hydrogen) atoms. The van der Waals surface area contributed by atoms with Crippen molar-refractivity contribution in [2.75, 3.05) is 13.1 Å². The highest BCUT2D eigenvalue weighted by Crippen LogP contribution is 2.23. The predicted molar refractivity (Wildman–Crippen MR) is 80.1 cm³/mol. The van der Waals surface area contributed by atoms with Crippen LogP contribution in [0.2, 0.25) is 0 Å². The van der Waals surface area contributed by atoms with E-state index in [1.807, 2.05) is 6.92 Å². The summed E-state index contributed by atoms with van der Waals surface area (Å²) in [6.45, 7) is 1.72. The second-order valence-corrected chi connectivity index (χ2v) is 6.97. The number of thiophene rings is 1. The average Bonchev–Trinajstić information content (AvgIpc) is 2.96. The summed E-state index contributed by atoms with van der Waals surface area (Å²) >= 11 is 4.46. The van der Waals surface area contributed by atoms with Gasteiger partial charge in [0.1, 0.15) is 0 Å². The fourth-order valence-corrected chi connectivity index (χ4v) is 3.20. The molecule has 8 heteroatoms. The van der Waals surface area contributed by atoms with Crippen molar-refractivity contribution in [1.29, 1.82) is 0 Å². The van der Waals surface area contributed by atoms with Crippen molar-refractivity contribution >= 4 is 50.9 Å². The maximum absolute atomic E-state index is 12.1. The molecule has 1 fully saturated rings. The smallest absolute Gasteiger partial charge is 0.291 e. The summed E-state index contributed by atoms with van der Waals surface area (Å²) in [6, 6.07) is 2.62. The van der Waals surface area contributed by atoms with Gasteiger partial charge in [0.05, 0.1) is 15.2 Å². The van der Waals surface area contributed by atoms with Crippen molar-refractivity contribution in [3.63, 3.8) is 0 Å². The van der Waals surface area contributed by atoms with E-state index in [1.165, 1.54) is 11.3 Å². The summed E-state index contributed by atoms with van der Waals surface area (Å²) in [7, 11) is 0. The first-order valence-electron chi connectivity index (χ1n) is 6.41. The minimum Gasteiger partial charge on any atom is -0.291 e. The van der Waals surface area contributed by atoms with Crippen LogP contribution >= 0.6 is 27.3 Å². The third-order valence-electron chi connectivity index (χ3n) is 3.02. The van der Waals surface area contributed by atoms with Gasteiger partial charge in [0, 0.05) is 6.54 Å². The van der Waals surface area contributed by atoms with Gasteiger partial charge in [0.25, 0.3) is 0 Å². The maximum atomic E-state index is 12.1. The topological polar surface area (TPSA) is 74.8 Å². The molecule has 0 aliphatic carbocycles. The Labute approximate surface area is 133 Å². The third kappa shape index (κ3) is 3.21. The molecule has 1 aliphatic heterocycles. The number of Topliss-reactive ketones (excluding diaryl/α,β-unsaturated/α-hetero) is 1. The van der Waals surface area contributed by atoms with Gasteiger partial charge in [0.15, 0.2) is 5.78 Å². The van der Waals surface area contributed by atoms with Crippen LogP contribution in [0, 0.1) is 0 Å². The Morgan fingerprint density at radius 3 is 2.43 bits per heavy atom. The van der Waals surface area contributed by atoms with Gasteiger partial charge in [-0.3, -0.25) is 19.3 Å². The number of ketones is 1. The molecule has 1 aliphatic rings. The van der Waals surface area contributed by atoms with Gasteiger partial charge in [0.2, 0.25) is 0 Å². The number of hydrogen-bond acceptors (Lipinski definition) is 5. The standard InChI is InChI=1S/C13H13BrN2O4S/c1-2-3-6-15-11(18)12(19)16(13(15)20)7-8(17)9-4-5-10(14)21-9/h4-5H,2-3,6-7H2,1H3. The van der Waals surface area contributed by atoms with E-state index < -0.39 is 24.4 Å². The fourth-order valence-electron chi connectivity index (χ4n) is 1.89. The Bertz CT molecular complexity index is 613. The fraction of sp³-hybridized carbons (Fsp3) is 0.385. The van der Waals surface area contributed by atoms with Crippen LogP contribution in [0.4, 0.5) is 4.79 Å². The van der Waals surface area contributed by atoms with E-state index in [1.54, 1.807) is 12.1 Å². The Hall–Kier alpha value is -1.54. The summed E-state index contributed by atoms with van der Waals surface area (Å²) in [4.78, 5) is 49.7. The Kier molecular flexibility index (Phi) is 4.89. The molecule has 0 bridgehead atoms. The maximum Gasteiger partial charge on any atom is 0.334 e. The van der Waals surface area contributed by atoms with Gasteiger partial charge in [-0.2, -0.15) is 0 Å². The molecule has 1 aromatic rings. The van der Waals surface area contributed by atoms with E-state index >= 15 is 0 Å². The van der Waals surface area contributed by atoms with Crippen molar-refractivity contribution < 1.29 is 19.2 Å². The lowest BCUT2D eigenvalue weighted by molar-refractivity contribution is -0.143. The van der Waals surface area contributed by atoms with Crippen LogP contribution < -0.4 is 0 Å². The average molecular weight is 373 g/mol. The molecule has 0 N–H and O–H groups in total. The van der Waals surface area contributed by atoms with Gasteiger partial charge in [-0.25, -0.2) is 9.69 Å². The SMILES string of the molecule is CCCCN1C(=O)C(=O)N(CC(=O)c2ccc(Br)s2)C1=O. The lowest BCUT2D eigenvalue weighted by Crippen LogP contribution is -2.37. The molecule has 0 spiro atoms. The van der Waals surface area contributed by atoms with Gasteiger partial charge in [-0.1, -0.05) is 13.3 Å². The Balaban J connectivity index is 2.09. The molecule has 1 aromatic heterocycles. The highest BCUT2D eigenvalue weighted by atomic mass is 79.9. The number of nitrogens with zero attached hydrogens (tertiary/aromatic N) is 2. The molecule has 2 heterocycles. The zero-order valence-electron chi connectivity index (χ0n) is 11.3. The molecule has 0 saturated carbocycles. The van der Waals surface area contributed by atoms with Crippen molar-refractivity contribution in [2.45, 2.75) is 19.8 Å². The number of hydrogen-bond donors (Lipinski definition) is 0. The second kappa shape index (κ2) is 6.48. The van der Waals surface area contributed by atoms with Crippen LogP contribution in [-0.4, -0.2) is 46.5 Å². The number of rotatable bonds is 6. The zero-order valence-corrected chi connectivity index (χ0v) is 13.7. The van der Waals surface area contributed by atoms with Gasteiger partial charge in [-0.05, 0) is 34.5 Å². The number of amides is 4. The van der Waals surface area contributed by atoms with Crippen molar-refractivity contribution in [1.82, 2.24) is 9.80 Å². The number of carbonyl (C=O) groups excluding carboxylic acids is 4.